The normalized spacial score (nSPS) is 19.7. The van der Waals surface area contributed by atoms with Crippen LogP contribution >= 0.6 is 0 Å². The van der Waals surface area contributed by atoms with E-state index in [1.165, 1.54) is 19.1 Å². The van der Waals surface area contributed by atoms with Gasteiger partial charge in [0.2, 0.25) is 5.95 Å². The van der Waals surface area contributed by atoms with Gasteiger partial charge >= 0.3 is 5.97 Å². The molecule has 1 aromatic heterocycles. The third-order valence-corrected chi connectivity index (χ3v) is 7.22. The quantitative estimate of drug-likeness (QED) is 0.371. The second-order valence-electron chi connectivity index (χ2n) is 11.2. The van der Waals surface area contributed by atoms with Crippen LogP contribution in [-0.4, -0.2) is 29.7 Å². The Bertz CT molecular complexity index is 1190. The molecule has 0 saturated heterocycles. The molecule has 35 heavy (non-hydrogen) atoms. The molecule has 2 atom stereocenters. The Morgan fingerprint density at radius 2 is 1.89 bits per heavy atom. The molecule has 0 radical (unpaired) electrons. The molecular formula is C29H39N3O3. The van der Waals surface area contributed by atoms with Gasteiger partial charge in [-0.15, -0.1) is 0 Å². The van der Waals surface area contributed by atoms with E-state index < -0.39 is 0 Å². The Hall–Kier alpha value is -3.02. The predicted molar refractivity (Wildman–Crippen MR) is 142 cm³/mol. The summed E-state index contributed by atoms with van der Waals surface area (Å²) >= 11 is 0. The zero-order valence-electron chi connectivity index (χ0n) is 22.1. The van der Waals surface area contributed by atoms with Crippen LogP contribution in [0.15, 0.2) is 36.4 Å². The van der Waals surface area contributed by atoms with Crippen molar-refractivity contribution in [1.29, 1.82) is 0 Å². The lowest BCUT2D eigenvalue weighted by molar-refractivity contribution is -0.139. The number of imidazole rings is 1. The number of nitrogens with zero attached hydrogens (tertiary/aromatic N) is 2. The minimum atomic E-state index is -0.298. The molecule has 1 N–H and O–H groups in total. The Labute approximate surface area is 209 Å². The van der Waals surface area contributed by atoms with Gasteiger partial charge in [0.1, 0.15) is 5.75 Å². The zero-order valence-corrected chi connectivity index (χ0v) is 22.1. The Kier molecular flexibility index (Phi) is 7.11. The van der Waals surface area contributed by atoms with E-state index in [0.717, 1.165) is 41.1 Å². The number of esters is 1. The highest BCUT2D eigenvalue weighted by molar-refractivity contribution is 5.84. The number of hydrogen-bond donors (Lipinski definition) is 1. The van der Waals surface area contributed by atoms with Crippen LogP contribution in [0, 0.1) is 11.3 Å². The second kappa shape index (κ2) is 9.92. The van der Waals surface area contributed by atoms with Crippen LogP contribution in [0.4, 0.5) is 11.6 Å². The molecule has 1 saturated carbocycles. The minimum absolute atomic E-state index is 0.148. The van der Waals surface area contributed by atoms with Gasteiger partial charge in [-0.3, -0.25) is 4.79 Å². The highest BCUT2D eigenvalue weighted by atomic mass is 16.5. The van der Waals surface area contributed by atoms with E-state index in [4.69, 9.17) is 14.5 Å². The fraction of sp³-hybridized carbons (Fsp3) is 0.517. The topological polar surface area (TPSA) is 65.4 Å². The molecule has 188 valence electrons. The van der Waals surface area contributed by atoms with Gasteiger partial charge < -0.3 is 19.4 Å². The van der Waals surface area contributed by atoms with Crippen LogP contribution < -0.4 is 10.1 Å². The SMILES string of the molecule is COC(=O)Cc1cc2nc(Nc3ccc(C(C)C)cc3)n([C@@H]3CC(C)CC(C)(C)C3)c2cc1OC. The molecule has 0 bridgehead atoms. The van der Waals surface area contributed by atoms with E-state index in [9.17, 15) is 4.79 Å². The number of aromatic nitrogens is 2. The number of anilines is 2. The average molecular weight is 478 g/mol. The summed E-state index contributed by atoms with van der Waals surface area (Å²) in [5.74, 6) is 2.32. The van der Waals surface area contributed by atoms with Crippen molar-refractivity contribution >= 4 is 28.6 Å². The van der Waals surface area contributed by atoms with Crippen molar-refractivity contribution in [3.63, 3.8) is 0 Å². The van der Waals surface area contributed by atoms with Crippen molar-refractivity contribution in [2.45, 2.75) is 72.3 Å². The number of carbonyl (C=O) groups is 1. The largest absolute Gasteiger partial charge is 0.496 e. The van der Waals surface area contributed by atoms with Crippen LogP contribution in [-0.2, 0) is 16.0 Å². The lowest BCUT2D eigenvalue weighted by Crippen LogP contribution is -2.29. The Morgan fingerprint density at radius 3 is 2.49 bits per heavy atom. The summed E-state index contributed by atoms with van der Waals surface area (Å²) in [5.41, 5.74) is 5.22. The second-order valence-corrected chi connectivity index (χ2v) is 11.2. The first-order valence-electron chi connectivity index (χ1n) is 12.6. The van der Waals surface area contributed by atoms with Crippen molar-refractivity contribution in [2.75, 3.05) is 19.5 Å². The molecule has 4 rings (SSSR count). The van der Waals surface area contributed by atoms with Crippen molar-refractivity contribution in [3.8, 4) is 5.75 Å². The number of nitrogens with one attached hydrogen (secondary N) is 1. The first-order chi connectivity index (χ1) is 16.6. The predicted octanol–water partition coefficient (Wildman–Crippen LogP) is 7.01. The molecular weight excluding hydrogens is 438 g/mol. The maximum atomic E-state index is 12.0. The summed E-state index contributed by atoms with van der Waals surface area (Å²) in [6.07, 6.45) is 3.55. The molecule has 0 amide bonds. The number of carbonyl (C=O) groups excluding carboxylic acids is 1. The zero-order chi connectivity index (χ0) is 25.3. The molecule has 0 spiro atoms. The van der Waals surface area contributed by atoms with Gasteiger partial charge in [-0.2, -0.15) is 0 Å². The maximum absolute atomic E-state index is 12.0. The summed E-state index contributed by atoms with van der Waals surface area (Å²) in [7, 11) is 3.05. The smallest absolute Gasteiger partial charge is 0.310 e. The van der Waals surface area contributed by atoms with Crippen molar-refractivity contribution < 1.29 is 14.3 Å². The van der Waals surface area contributed by atoms with Gasteiger partial charge in [0.25, 0.3) is 0 Å². The van der Waals surface area contributed by atoms with Gasteiger partial charge in [-0.25, -0.2) is 4.98 Å². The fourth-order valence-corrected chi connectivity index (χ4v) is 5.75. The molecule has 2 aromatic carbocycles. The van der Waals surface area contributed by atoms with E-state index in [0.29, 0.717) is 23.6 Å². The summed E-state index contributed by atoms with van der Waals surface area (Å²) in [6, 6.07) is 12.9. The minimum Gasteiger partial charge on any atom is -0.496 e. The van der Waals surface area contributed by atoms with Crippen molar-refractivity contribution in [1.82, 2.24) is 9.55 Å². The Balaban J connectivity index is 1.82. The molecule has 1 unspecified atom stereocenters. The molecule has 3 aromatic rings. The number of fused-ring (bicyclic) bond motifs is 1. The van der Waals surface area contributed by atoms with Gasteiger partial charge in [-0.05, 0) is 60.3 Å². The first-order valence-corrected chi connectivity index (χ1v) is 12.6. The molecule has 1 fully saturated rings. The van der Waals surface area contributed by atoms with E-state index in [2.05, 4.69) is 68.8 Å². The third-order valence-electron chi connectivity index (χ3n) is 7.22. The Morgan fingerprint density at radius 1 is 1.17 bits per heavy atom. The number of benzene rings is 2. The van der Waals surface area contributed by atoms with Gasteiger partial charge in [0.15, 0.2) is 0 Å². The molecule has 6 nitrogen and oxygen atoms in total. The molecule has 6 heteroatoms. The van der Waals surface area contributed by atoms with E-state index in [1.54, 1.807) is 7.11 Å². The van der Waals surface area contributed by atoms with E-state index >= 15 is 0 Å². The summed E-state index contributed by atoms with van der Waals surface area (Å²) in [6.45, 7) is 11.5. The number of methoxy groups -OCH3 is 2. The van der Waals surface area contributed by atoms with Gasteiger partial charge in [-0.1, -0.05) is 46.8 Å². The van der Waals surface area contributed by atoms with E-state index in [-0.39, 0.29) is 17.8 Å². The average Bonchev–Trinajstić information content (AvgIpc) is 3.13. The maximum Gasteiger partial charge on any atom is 0.310 e. The highest BCUT2D eigenvalue weighted by Gasteiger charge is 2.35. The standard InChI is InChI=1S/C29H39N3O3/c1-18(2)20-8-10-22(11-9-20)30-28-31-24-13-21(14-27(33)35-7)26(34-6)15-25(24)32(28)23-12-19(3)16-29(4,5)17-23/h8-11,13,15,18-19,23H,12,14,16-17H2,1-7H3,(H,30,31)/t19?,23-/m1/s1. The molecule has 1 aliphatic carbocycles. The van der Waals surface area contributed by atoms with Gasteiger partial charge in [0, 0.05) is 23.4 Å². The lowest BCUT2D eigenvalue weighted by Gasteiger charge is -2.40. The van der Waals surface area contributed by atoms with Crippen LogP contribution in [0.25, 0.3) is 11.0 Å². The molecule has 0 aliphatic heterocycles. The van der Waals surface area contributed by atoms with Crippen LogP contribution in [0.2, 0.25) is 0 Å². The van der Waals surface area contributed by atoms with Gasteiger partial charge in [0.05, 0.1) is 31.7 Å². The first kappa shape index (κ1) is 25.1. The van der Waals surface area contributed by atoms with Crippen molar-refractivity contribution in [3.05, 3.63) is 47.5 Å². The van der Waals surface area contributed by atoms with Crippen molar-refractivity contribution in [2.24, 2.45) is 11.3 Å². The molecule has 1 aliphatic rings. The number of hydrogen-bond acceptors (Lipinski definition) is 5. The summed E-state index contributed by atoms with van der Waals surface area (Å²) < 4.78 is 12.9. The lowest BCUT2D eigenvalue weighted by atomic mass is 9.70. The highest BCUT2D eigenvalue weighted by Crippen LogP contribution is 2.46. The fourth-order valence-electron chi connectivity index (χ4n) is 5.75. The monoisotopic (exact) mass is 477 g/mol. The van der Waals surface area contributed by atoms with Crippen LogP contribution in [0.3, 0.4) is 0 Å². The van der Waals surface area contributed by atoms with E-state index in [1.807, 2.05) is 12.1 Å². The number of ether oxygens (including phenoxy) is 2. The number of rotatable bonds is 7. The molecule has 1 heterocycles. The summed E-state index contributed by atoms with van der Waals surface area (Å²) in [4.78, 5) is 17.0. The third kappa shape index (κ3) is 5.47. The summed E-state index contributed by atoms with van der Waals surface area (Å²) in [5, 5.41) is 3.60. The van der Waals surface area contributed by atoms with Crippen LogP contribution in [0.1, 0.15) is 77.0 Å². The van der Waals surface area contributed by atoms with Crippen LogP contribution in [0.5, 0.6) is 5.75 Å².